The van der Waals surface area contributed by atoms with Crippen LogP contribution >= 0.6 is 22.9 Å². The Bertz CT molecular complexity index is 907. The summed E-state index contributed by atoms with van der Waals surface area (Å²) in [4.78, 5) is 13.5. The number of nitrogens with zero attached hydrogens (tertiary/aromatic N) is 3. The average Bonchev–Trinajstić information content (AvgIpc) is 3.28. The van der Waals surface area contributed by atoms with E-state index in [9.17, 15) is 4.39 Å². The predicted molar refractivity (Wildman–Crippen MR) is 96.9 cm³/mol. The molecule has 8 heteroatoms. The molecule has 3 heterocycles. The van der Waals surface area contributed by atoms with Gasteiger partial charge in [-0.05, 0) is 19.1 Å². The third-order valence-electron chi connectivity index (χ3n) is 3.95. The largest absolute Gasteiger partial charge is 0.476 e. The van der Waals surface area contributed by atoms with Crippen molar-refractivity contribution in [2.24, 2.45) is 9.98 Å². The molecule has 0 spiro atoms. The van der Waals surface area contributed by atoms with E-state index in [1.54, 1.807) is 12.3 Å². The van der Waals surface area contributed by atoms with Crippen LogP contribution in [-0.4, -0.2) is 29.9 Å². The lowest BCUT2D eigenvalue weighted by Gasteiger charge is -2.26. The minimum Gasteiger partial charge on any atom is -0.476 e. The minimum absolute atomic E-state index is 0.318. The number of aromatic nitrogens is 1. The van der Waals surface area contributed by atoms with Crippen molar-refractivity contribution in [1.82, 2.24) is 10.3 Å². The number of aliphatic imine (C=N–C) groups is 2. The molecule has 1 aromatic heterocycles. The van der Waals surface area contributed by atoms with Gasteiger partial charge in [-0.15, -0.1) is 11.3 Å². The number of amidine groups is 1. The molecule has 0 bridgehead atoms. The molecule has 1 N–H and O–H groups in total. The zero-order chi connectivity index (χ0) is 17.4. The van der Waals surface area contributed by atoms with Crippen molar-refractivity contribution in [2.45, 2.75) is 13.0 Å². The second-order valence-electron chi connectivity index (χ2n) is 5.58. The third kappa shape index (κ3) is 3.05. The molecule has 0 radical (unpaired) electrons. The zero-order valence-electron chi connectivity index (χ0n) is 13.3. The Labute approximate surface area is 152 Å². The summed E-state index contributed by atoms with van der Waals surface area (Å²) in [5.74, 6) is 0.820. The van der Waals surface area contributed by atoms with Crippen LogP contribution in [0.5, 0.6) is 0 Å². The lowest BCUT2D eigenvalue weighted by atomic mass is 9.95. The molecule has 0 saturated heterocycles. The van der Waals surface area contributed by atoms with Gasteiger partial charge < -0.3 is 10.1 Å². The number of ether oxygens (including phenoxy) is 1. The SMILES string of the molecule is CC1=C(C2=NCCO2)C(c2ccc(F)cc2Cl)N=C(c2nccs2)N1. The Kier molecular flexibility index (Phi) is 4.27. The van der Waals surface area contributed by atoms with Crippen LogP contribution in [-0.2, 0) is 4.74 Å². The van der Waals surface area contributed by atoms with Crippen LogP contribution < -0.4 is 5.32 Å². The van der Waals surface area contributed by atoms with Crippen molar-refractivity contribution in [2.75, 3.05) is 13.2 Å². The highest BCUT2D eigenvalue weighted by atomic mass is 35.5. The lowest BCUT2D eigenvalue weighted by Crippen LogP contribution is -2.32. The number of hydrogen-bond acceptors (Lipinski definition) is 6. The Morgan fingerprint density at radius 2 is 2.28 bits per heavy atom. The summed E-state index contributed by atoms with van der Waals surface area (Å²) in [6.07, 6.45) is 1.73. The number of rotatable bonds is 3. The first-order valence-corrected chi connectivity index (χ1v) is 8.97. The fraction of sp³-hybridized carbons (Fsp3) is 0.235. The molecule has 1 atom stereocenters. The second kappa shape index (κ2) is 6.57. The molecule has 5 nitrogen and oxygen atoms in total. The average molecular weight is 377 g/mol. The first kappa shape index (κ1) is 16.2. The van der Waals surface area contributed by atoms with Crippen LogP contribution in [0.15, 0.2) is 51.0 Å². The number of allylic oxidation sites excluding steroid dienone is 1. The monoisotopic (exact) mass is 376 g/mol. The lowest BCUT2D eigenvalue weighted by molar-refractivity contribution is 0.345. The van der Waals surface area contributed by atoms with Gasteiger partial charge in [-0.1, -0.05) is 17.7 Å². The number of halogens is 2. The summed E-state index contributed by atoms with van der Waals surface area (Å²) in [6.45, 7) is 3.09. The molecule has 4 rings (SSSR count). The van der Waals surface area contributed by atoms with Crippen LogP contribution in [0.3, 0.4) is 0 Å². The van der Waals surface area contributed by atoms with Gasteiger partial charge in [-0.2, -0.15) is 0 Å². The van der Waals surface area contributed by atoms with E-state index in [0.717, 1.165) is 16.3 Å². The molecule has 128 valence electrons. The standard InChI is InChI=1S/C17H14ClFN4OS/c1-9-13(16-20-4-6-24-16)14(11-3-2-10(19)8-12(11)18)23-15(22-9)17-21-5-7-25-17/h2-3,5,7-8,14H,4,6H2,1H3,(H,22,23). The summed E-state index contributed by atoms with van der Waals surface area (Å²) < 4.78 is 19.1. The van der Waals surface area contributed by atoms with E-state index < -0.39 is 6.04 Å². The van der Waals surface area contributed by atoms with Crippen molar-refractivity contribution in [1.29, 1.82) is 0 Å². The maximum Gasteiger partial charge on any atom is 0.216 e. The van der Waals surface area contributed by atoms with E-state index in [-0.39, 0.29) is 5.82 Å². The van der Waals surface area contributed by atoms with E-state index in [0.29, 0.717) is 35.5 Å². The molecular formula is C17H14ClFN4OS. The van der Waals surface area contributed by atoms with Gasteiger partial charge in [0.15, 0.2) is 10.8 Å². The van der Waals surface area contributed by atoms with Gasteiger partial charge >= 0.3 is 0 Å². The minimum atomic E-state index is -0.440. The maximum atomic E-state index is 13.5. The smallest absolute Gasteiger partial charge is 0.216 e. The molecule has 1 aromatic carbocycles. The fourth-order valence-corrected chi connectivity index (χ4v) is 3.71. The maximum absolute atomic E-state index is 13.5. The Balaban J connectivity index is 1.84. The van der Waals surface area contributed by atoms with Gasteiger partial charge in [0.2, 0.25) is 5.90 Å². The van der Waals surface area contributed by atoms with Gasteiger partial charge in [0.05, 0.1) is 12.1 Å². The van der Waals surface area contributed by atoms with Crippen LogP contribution in [0.4, 0.5) is 4.39 Å². The van der Waals surface area contributed by atoms with Crippen LogP contribution in [0.1, 0.15) is 23.5 Å². The quantitative estimate of drug-likeness (QED) is 0.887. The Morgan fingerprint density at radius 3 is 2.96 bits per heavy atom. The predicted octanol–water partition coefficient (Wildman–Crippen LogP) is 3.73. The van der Waals surface area contributed by atoms with Gasteiger partial charge in [-0.25, -0.2) is 14.4 Å². The van der Waals surface area contributed by atoms with Crippen molar-refractivity contribution in [3.8, 4) is 0 Å². The number of hydrogen-bond donors (Lipinski definition) is 1. The molecular weight excluding hydrogens is 363 g/mol. The highest BCUT2D eigenvalue weighted by Crippen LogP contribution is 2.37. The van der Waals surface area contributed by atoms with Crippen molar-refractivity contribution in [3.63, 3.8) is 0 Å². The van der Waals surface area contributed by atoms with E-state index >= 15 is 0 Å². The molecule has 1 unspecified atom stereocenters. The number of nitrogens with one attached hydrogen (secondary N) is 1. The van der Waals surface area contributed by atoms with E-state index in [2.05, 4.69) is 15.3 Å². The number of thiazole rings is 1. The van der Waals surface area contributed by atoms with Crippen molar-refractivity contribution in [3.05, 3.63) is 62.5 Å². The topological polar surface area (TPSA) is 58.9 Å². The molecule has 2 aliphatic rings. The molecule has 0 saturated carbocycles. The normalized spacial score (nSPS) is 20.0. The summed E-state index contributed by atoms with van der Waals surface area (Å²) in [5, 5.41) is 6.25. The Morgan fingerprint density at radius 1 is 1.40 bits per heavy atom. The first-order valence-electron chi connectivity index (χ1n) is 7.71. The Hall–Kier alpha value is -2.25. The molecule has 0 amide bonds. The molecule has 0 aliphatic carbocycles. The van der Waals surface area contributed by atoms with Gasteiger partial charge in [-0.3, -0.25) is 4.99 Å². The fourth-order valence-electron chi connectivity index (χ4n) is 2.85. The van der Waals surface area contributed by atoms with Crippen LogP contribution in [0.25, 0.3) is 0 Å². The second-order valence-corrected chi connectivity index (χ2v) is 6.88. The van der Waals surface area contributed by atoms with Crippen molar-refractivity contribution >= 4 is 34.7 Å². The van der Waals surface area contributed by atoms with E-state index in [4.69, 9.17) is 21.3 Å². The molecule has 2 aliphatic heterocycles. The first-order chi connectivity index (χ1) is 12.1. The molecule has 0 fully saturated rings. The number of benzene rings is 1. The van der Waals surface area contributed by atoms with E-state index in [1.807, 2.05) is 12.3 Å². The van der Waals surface area contributed by atoms with Gasteiger partial charge in [0.1, 0.15) is 18.5 Å². The highest BCUT2D eigenvalue weighted by Gasteiger charge is 2.32. The highest BCUT2D eigenvalue weighted by molar-refractivity contribution is 7.11. The van der Waals surface area contributed by atoms with Crippen LogP contribution in [0, 0.1) is 5.82 Å². The van der Waals surface area contributed by atoms with Crippen molar-refractivity contribution < 1.29 is 9.13 Å². The molecule has 2 aromatic rings. The zero-order valence-corrected chi connectivity index (χ0v) is 14.9. The van der Waals surface area contributed by atoms with Gasteiger partial charge in [0.25, 0.3) is 0 Å². The van der Waals surface area contributed by atoms with Crippen LogP contribution in [0.2, 0.25) is 5.02 Å². The summed E-state index contributed by atoms with van der Waals surface area (Å²) in [6, 6.07) is 3.89. The third-order valence-corrected chi connectivity index (χ3v) is 5.06. The molecule has 25 heavy (non-hydrogen) atoms. The summed E-state index contributed by atoms with van der Waals surface area (Å²) >= 11 is 7.80. The summed E-state index contributed by atoms with van der Waals surface area (Å²) in [7, 11) is 0. The summed E-state index contributed by atoms with van der Waals surface area (Å²) in [5.41, 5.74) is 2.38. The van der Waals surface area contributed by atoms with Gasteiger partial charge in [0, 0.05) is 27.9 Å². The van der Waals surface area contributed by atoms with E-state index in [1.165, 1.54) is 23.5 Å².